The molecule has 1 aromatic rings. The third kappa shape index (κ3) is 3.79. The summed E-state index contributed by atoms with van der Waals surface area (Å²) in [4.78, 5) is 30.1. The standard InChI is InChI=1S/C19H18F2N2O5/c1-3-19(8-15(23-28-19)11-5-12(20)7-13(21)6-11)18(25)22-16-10-26-9-14(16)17(24)27-4-2/h3,5-7H,1,4,8-10H2,2H3,(H,22,25). The van der Waals surface area contributed by atoms with E-state index in [0.29, 0.717) is 0 Å². The third-order valence-electron chi connectivity index (χ3n) is 4.30. The highest BCUT2D eigenvalue weighted by molar-refractivity contribution is 6.06. The van der Waals surface area contributed by atoms with Gasteiger partial charge in [0.15, 0.2) is 0 Å². The maximum absolute atomic E-state index is 13.5. The number of halogens is 2. The normalized spacial score (nSPS) is 21.2. The molecule has 28 heavy (non-hydrogen) atoms. The van der Waals surface area contributed by atoms with Crippen LogP contribution in [0.3, 0.4) is 0 Å². The van der Waals surface area contributed by atoms with E-state index in [9.17, 15) is 18.4 Å². The second-order valence-electron chi connectivity index (χ2n) is 6.18. The number of hydrogen-bond acceptors (Lipinski definition) is 6. The fraction of sp³-hybridized carbons (Fsp3) is 0.316. The van der Waals surface area contributed by atoms with Gasteiger partial charge in [-0.2, -0.15) is 0 Å². The Morgan fingerprint density at radius 1 is 1.32 bits per heavy atom. The number of carbonyl (C=O) groups is 2. The lowest BCUT2D eigenvalue weighted by atomic mass is 9.93. The van der Waals surface area contributed by atoms with Crippen LogP contribution in [0, 0.1) is 11.6 Å². The second kappa shape index (κ2) is 7.89. The van der Waals surface area contributed by atoms with Crippen LogP contribution < -0.4 is 5.32 Å². The van der Waals surface area contributed by atoms with Gasteiger partial charge in [0.05, 0.1) is 36.8 Å². The molecule has 2 heterocycles. The molecule has 0 saturated heterocycles. The van der Waals surface area contributed by atoms with Crippen molar-refractivity contribution in [2.45, 2.75) is 18.9 Å². The lowest BCUT2D eigenvalue weighted by molar-refractivity contribution is -0.138. The Morgan fingerprint density at radius 3 is 2.68 bits per heavy atom. The van der Waals surface area contributed by atoms with E-state index in [1.54, 1.807) is 6.92 Å². The van der Waals surface area contributed by atoms with E-state index < -0.39 is 29.1 Å². The van der Waals surface area contributed by atoms with Crippen LogP contribution in [0.5, 0.6) is 0 Å². The van der Waals surface area contributed by atoms with Gasteiger partial charge in [0.1, 0.15) is 11.6 Å². The first-order chi connectivity index (χ1) is 13.4. The summed E-state index contributed by atoms with van der Waals surface area (Å²) in [6.07, 6.45) is 1.16. The first kappa shape index (κ1) is 19.7. The highest BCUT2D eigenvalue weighted by Gasteiger charge is 2.45. The van der Waals surface area contributed by atoms with Crippen LogP contribution in [0.1, 0.15) is 18.9 Å². The molecule has 3 rings (SSSR count). The van der Waals surface area contributed by atoms with Crippen molar-refractivity contribution in [2.75, 3.05) is 19.8 Å². The van der Waals surface area contributed by atoms with Crippen LogP contribution in [0.2, 0.25) is 0 Å². The molecule has 1 unspecified atom stereocenters. The van der Waals surface area contributed by atoms with Gasteiger partial charge < -0.3 is 19.6 Å². The Bertz CT molecular complexity index is 876. The molecule has 0 radical (unpaired) electrons. The third-order valence-corrected chi connectivity index (χ3v) is 4.30. The summed E-state index contributed by atoms with van der Waals surface area (Å²) in [6.45, 7) is 5.50. The number of benzene rings is 1. The molecule has 7 nitrogen and oxygen atoms in total. The molecule has 0 spiro atoms. The number of esters is 1. The molecule has 148 valence electrons. The summed E-state index contributed by atoms with van der Waals surface area (Å²) in [6, 6.07) is 2.92. The van der Waals surface area contributed by atoms with Gasteiger partial charge in [0.25, 0.3) is 5.91 Å². The Hall–Kier alpha value is -3.07. The zero-order valence-electron chi connectivity index (χ0n) is 15.1. The Balaban J connectivity index is 1.78. The number of carbonyl (C=O) groups excluding carboxylic acids is 2. The number of amides is 1. The molecule has 0 fully saturated rings. The quantitative estimate of drug-likeness (QED) is 0.591. The molecule has 2 aliphatic heterocycles. The summed E-state index contributed by atoms with van der Waals surface area (Å²) in [7, 11) is 0. The predicted molar refractivity (Wildman–Crippen MR) is 94.1 cm³/mol. The van der Waals surface area contributed by atoms with Crippen LogP contribution in [-0.4, -0.2) is 43.0 Å². The SMILES string of the molecule is C=CC1(C(=O)NC2=C(C(=O)OCC)COC2)CC(c2cc(F)cc(F)c2)=NO1. The molecule has 1 N–H and O–H groups in total. The van der Waals surface area contributed by atoms with Crippen molar-refractivity contribution >= 4 is 17.6 Å². The van der Waals surface area contributed by atoms with E-state index >= 15 is 0 Å². The smallest absolute Gasteiger partial charge is 0.338 e. The second-order valence-corrected chi connectivity index (χ2v) is 6.18. The van der Waals surface area contributed by atoms with Gasteiger partial charge in [0, 0.05) is 18.1 Å². The number of rotatable bonds is 6. The van der Waals surface area contributed by atoms with E-state index in [4.69, 9.17) is 14.3 Å². The molecular weight excluding hydrogens is 374 g/mol. The average Bonchev–Trinajstić information content (AvgIpc) is 3.28. The highest BCUT2D eigenvalue weighted by Crippen LogP contribution is 2.30. The van der Waals surface area contributed by atoms with Gasteiger partial charge in [0.2, 0.25) is 5.60 Å². The van der Waals surface area contributed by atoms with Crippen molar-refractivity contribution in [1.82, 2.24) is 5.32 Å². The van der Waals surface area contributed by atoms with E-state index in [1.807, 2.05) is 0 Å². The van der Waals surface area contributed by atoms with E-state index in [0.717, 1.165) is 18.2 Å². The molecule has 2 aliphatic rings. The summed E-state index contributed by atoms with van der Waals surface area (Å²) in [5, 5.41) is 6.40. The predicted octanol–water partition coefficient (Wildman–Crippen LogP) is 1.98. The Kier molecular flexibility index (Phi) is 5.55. The zero-order valence-corrected chi connectivity index (χ0v) is 15.1. The van der Waals surface area contributed by atoms with Gasteiger partial charge in [-0.05, 0) is 25.1 Å². The van der Waals surface area contributed by atoms with Crippen molar-refractivity contribution < 1.29 is 32.7 Å². The molecule has 1 aromatic carbocycles. The fourth-order valence-electron chi connectivity index (χ4n) is 2.83. The van der Waals surface area contributed by atoms with E-state index in [2.05, 4.69) is 17.1 Å². The largest absolute Gasteiger partial charge is 0.463 e. The number of nitrogens with one attached hydrogen (secondary N) is 1. The molecular formula is C19H18F2N2O5. The van der Waals surface area contributed by atoms with Crippen molar-refractivity contribution in [3.05, 3.63) is 59.3 Å². The lowest BCUT2D eigenvalue weighted by Gasteiger charge is -2.22. The fourth-order valence-corrected chi connectivity index (χ4v) is 2.83. The van der Waals surface area contributed by atoms with Crippen LogP contribution in [0.25, 0.3) is 0 Å². The first-order valence-electron chi connectivity index (χ1n) is 8.52. The molecule has 0 bridgehead atoms. The van der Waals surface area contributed by atoms with E-state index in [1.165, 1.54) is 6.08 Å². The maximum Gasteiger partial charge on any atom is 0.338 e. The average molecular weight is 392 g/mol. The van der Waals surface area contributed by atoms with Crippen LogP contribution in [0.15, 0.2) is 47.3 Å². The number of nitrogens with zero attached hydrogens (tertiary/aromatic N) is 1. The molecule has 9 heteroatoms. The lowest BCUT2D eigenvalue weighted by Crippen LogP contribution is -2.45. The number of oxime groups is 1. The summed E-state index contributed by atoms with van der Waals surface area (Å²) in [5.41, 5.74) is -0.771. The molecule has 0 aromatic heterocycles. The summed E-state index contributed by atoms with van der Waals surface area (Å²) in [5.74, 6) is -2.76. The molecule has 0 aliphatic carbocycles. The highest BCUT2D eigenvalue weighted by atomic mass is 19.1. The van der Waals surface area contributed by atoms with Crippen molar-refractivity contribution in [2.24, 2.45) is 5.16 Å². The van der Waals surface area contributed by atoms with Crippen molar-refractivity contribution in [3.8, 4) is 0 Å². The first-order valence-corrected chi connectivity index (χ1v) is 8.52. The summed E-state index contributed by atoms with van der Waals surface area (Å²) >= 11 is 0. The Labute approximate surface area is 159 Å². The van der Waals surface area contributed by atoms with Gasteiger partial charge >= 0.3 is 5.97 Å². The zero-order chi connectivity index (χ0) is 20.3. The molecule has 0 saturated carbocycles. The maximum atomic E-state index is 13.5. The Morgan fingerprint density at radius 2 is 2.04 bits per heavy atom. The van der Waals surface area contributed by atoms with Gasteiger partial charge in [-0.15, -0.1) is 0 Å². The van der Waals surface area contributed by atoms with Gasteiger partial charge in [-0.1, -0.05) is 11.7 Å². The van der Waals surface area contributed by atoms with Crippen LogP contribution in [0.4, 0.5) is 8.78 Å². The summed E-state index contributed by atoms with van der Waals surface area (Å²) < 4.78 is 37.1. The minimum absolute atomic E-state index is 0.0146. The monoisotopic (exact) mass is 392 g/mol. The van der Waals surface area contributed by atoms with E-state index in [-0.39, 0.29) is 48.8 Å². The van der Waals surface area contributed by atoms with Gasteiger partial charge in [-0.3, -0.25) is 4.79 Å². The minimum atomic E-state index is -1.59. The molecule has 1 atom stereocenters. The number of ether oxygens (including phenoxy) is 2. The van der Waals surface area contributed by atoms with Crippen molar-refractivity contribution in [3.63, 3.8) is 0 Å². The van der Waals surface area contributed by atoms with Crippen molar-refractivity contribution in [1.29, 1.82) is 0 Å². The topological polar surface area (TPSA) is 86.2 Å². The molecule has 1 amide bonds. The van der Waals surface area contributed by atoms with Crippen LogP contribution in [-0.2, 0) is 23.9 Å². The van der Waals surface area contributed by atoms with Crippen LogP contribution >= 0.6 is 0 Å². The number of hydrogen-bond donors (Lipinski definition) is 1. The van der Waals surface area contributed by atoms with Gasteiger partial charge in [-0.25, -0.2) is 13.6 Å². The minimum Gasteiger partial charge on any atom is -0.463 e.